The Morgan fingerprint density at radius 3 is 2.94 bits per heavy atom. The summed E-state index contributed by atoms with van der Waals surface area (Å²) >= 11 is 1.77. The molecule has 0 radical (unpaired) electrons. The van der Waals surface area contributed by atoms with Crippen molar-refractivity contribution in [2.45, 2.75) is 33.7 Å². The van der Waals surface area contributed by atoms with Crippen LogP contribution in [-0.4, -0.2) is 30.5 Å². The summed E-state index contributed by atoms with van der Waals surface area (Å²) in [5, 5.41) is 5.51. The number of nitrogens with one attached hydrogen (secondary N) is 1. The molecule has 0 spiro atoms. The molecule has 1 aromatic heterocycles. The lowest BCUT2D eigenvalue weighted by Gasteiger charge is -2.23. The van der Waals surface area contributed by atoms with E-state index in [1.165, 1.54) is 11.3 Å². The molecule has 0 bridgehead atoms. The normalized spacial score (nSPS) is 19.3. The molecule has 1 N–H and O–H groups in total. The molecular weight excluding hydrogens is 242 g/mol. The van der Waals surface area contributed by atoms with Gasteiger partial charge >= 0.3 is 0 Å². The van der Waals surface area contributed by atoms with Crippen LogP contribution in [0.4, 0.5) is 0 Å². The van der Waals surface area contributed by atoms with Crippen LogP contribution >= 0.6 is 11.3 Å². The second-order valence-corrected chi connectivity index (χ2v) is 6.62. The van der Waals surface area contributed by atoms with Crippen LogP contribution in [0.15, 0.2) is 22.5 Å². The van der Waals surface area contributed by atoms with Crippen molar-refractivity contribution in [1.29, 1.82) is 0 Å². The van der Waals surface area contributed by atoms with Crippen LogP contribution in [0.2, 0.25) is 0 Å². The summed E-state index contributed by atoms with van der Waals surface area (Å²) in [6.45, 7) is 10.7. The van der Waals surface area contributed by atoms with E-state index in [0.717, 1.165) is 32.1 Å². The maximum Gasteiger partial charge on any atom is 0.194 e. The highest BCUT2D eigenvalue weighted by atomic mass is 32.1. The van der Waals surface area contributed by atoms with E-state index < -0.39 is 0 Å². The topological polar surface area (TPSA) is 27.6 Å². The lowest BCUT2D eigenvalue weighted by molar-refractivity contribution is 0.370. The molecule has 0 unspecified atom stereocenters. The average Bonchev–Trinajstić information content (AvgIpc) is 2.93. The molecule has 18 heavy (non-hydrogen) atoms. The van der Waals surface area contributed by atoms with Crippen molar-refractivity contribution in [2.24, 2.45) is 10.4 Å². The zero-order valence-corrected chi connectivity index (χ0v) is 12.4. The van der Waals surface area contributed by atoms with Gasteiger partial charge in [0.1, 0.15) is 0 Å². The van der Waals surface area contributed by atoms with E-state index in [1.807, 2.05) is 0 Å². The van der Waals surface area contributed by atoms with Gasteiger partial charge in [0.15, 0.2) is 5.96 Å². The molecule has 2 rings (SSSR count). The van der Waals surface area contributed by atoms with E-state index in [0.29, 0.717) is 5.41 Å². The first kappa shape index (κ1) is 13.4. The van der Waals surface area contributed by atoms with Gasteiger partial charge in [0.2, 0.25) is 0 Å². The van der Waals surface area contributed by atoms with Crippen LogP contribution in [0.1, 0.15) is 32.1 Å². The molecular formula is C14H23N3S. The Bertz CT molecular complexity index is 395. The Hall–Kier alpha value is -1.03. The van der Waals surface area contributed by atoms with E-state index in [4.69, 9.17) is 4.99 Å². The monoisotopic (exact) mass is 265 g/mol. The van der Waals surface area contributed by atoms with Crippen molar-refractivity contribution in [3.8, 4) is 0 Å². The summed E-state index contributed by atoms with van der Waals surface area (Å²) in [4.78, 5) is 8.45. The van der Waals surface area contributed by atoms with Gasteiger partial charge in [-0.05, 0) is 30.2 Å². The number of rotatable bonds is 3. The van der Waals surface area contributed by atoms with Gasteiger partial charge in [-0.25, -0.2) is 4.99 Å². The third-order valence-electron chi connectivity index (χ3n) is 3.28. The SMILES string of the molecule is CCNC(=NCc1cccs1)N1CCC(C)(C)C1. The third-order valence-corrected chi connectivity index (χ3v) is 4.14. The molecule has 0 amide bonds. The Kier molecular flexibility index (Phi) is 4.27. The fourth-order valence-electron chi connectivity index (χ4n) is 2.27. The highest BCUT2D eigenvalue weighted by Crippen LogP contribution is 2.28. The minimum absolute atomic E-state index is 0.416. The molecule has 1 saturated heterocycles. The number of hydrogen-bond donors (Lipinski definition) is 1. The van der Waals surface area contributed by atoms with E-state index >= 15 is 0 Å². The summed E-state index contributed by atoms with van der Waals surface area (Å²) in [7, 11) is 0. The van der Waals surface area contributed by atoms with Gasteiger partial charge in [-0.1, -0.05) is 19.9 Å². The molecule has 100 valence electrons. The minimum atomic E-state index is 0.416. The molecule has 0 aliphatic carbocycles. The molecule has 3 nitrogen and oxygen atoms in total. The molecule has 1 aliphatic rings. The Balaban J connectivity index is 2.01. The number of hydrogen-bond acceptors (Lipinski definition) is 2. The Morgan fingerprint density at radius 1 is 1.56 bits per heavy atom. The maximum atomic E-state index is 4.75. The van der Waals surface area contributed by atoms with Crippen LogP contribution in [0.5, 0.6) is 0 Å². The number of guanidine groups is 1. The fourth-order valence-corrected chi connectivity index (χ4v) is 2.90. The number of likely N-dealkylation sites (tertiary alicyclic amines) is 1. The molecule has 1 aromatic rings. The van der Waals surface area contributed by atoms with Crippen molar-refractivity contribution in [3.05, 3.63) is 22.4 Å². The van der Waals surface area contributed by atoms with E-state index in [-0.39, 0.29) is 0 Å². The maximum absolute atomic E-state index is 4.75. The van der Waals surface area contributed by atoms with E-state index in [9.17, 15) is 0 Å². The summed E-state index contributed by atoms with van der Waals surface area (Å²) in [6, 6.07) is 4.23. The van der Waals surface area contributed by atoms with Gasteiger partial charge in [0.25, 0.3) is 0 Å². The quantitative estimate of drug-likeness (QED) is 0.672. The number of aliphatic imine (C=N–C) groups is 1. The van der Waals surface area contributed by atoms with E-state index in [1.54, 1.807) is 11.3 Å². The van der Waals surface area contributed by atoms with Crippen molar-refractivity contribution < 1.29 is 0 Å². The van der Waals surface area contributed by atoms with Gasteiger partial charge < -0.3 is 10.2 Å². The molecule has 0 atom stereocenters. The van der Waals surface area contributed by atoms with Crippen LogP contribution < -0.4 is 5.32 Å². The standard InChI is InChI=1S/C14H23N3S/c1-4-15-13(16-10-12-6-5-9-18-12)17-8-7-14(2,3)11-17/h5-6,9H,4,7-8,10-11H2,1-3H3,(H,15,16). The zero-order valence-electron chi connectivity index (χ0n) is 11.6. The van der Waals surface area contributed by atoms with Crippen LogP contribution in [0.3, 0.4) is 0 Å². The fraction of sp³-hybridized carbons (Fsp3) is 0.643. The zero-order chi connectivity index (χ0) is 13.0. The number of thiophene rings is 1. The van der Waals surface area contributed by atoms with Gasteiger partial charge in [-0.3, -0.25) is 0 Å². The molecule has 0 aromatic carbocycles. The first-order valence-electron chi connectivity index (χ1n) is 6.66. The highest BCUT2D eigenvalue weighted by molar-refractivity contribution is 7.09. The second-order valence-electron chi connectivity index (χ2n) is 5.59. The predicted octanol–water partition coefficient (Wildman–Crippen LogP) is 2.95. The lowest BCUT2D eigenvalue weighted by atomic mass is 9.93. The minimum Gasteiger partial charge on any atom is -0.357 e. The molecule has 4 heteroatoms. The first-order chi connectivity index (χ1) is 8.61. The van der Waals surface area contributed by atoms with Gasteiger partial charge in [-0.15, -0.1) is 11.3 Å². The average molecular weight is 265 g/mol. The Labute approximate surface area is 114 Å². The second kappa shape index (κ2) is 5.74. The van der Waals surface area contributed by atoms with Crippen molar-refractivity contribution in [1.82, 2.24) is 10.2 Å². The molecule has 1 aliphatic heterocycles. The van der Waals surface area contributed by atoms with Crippen molar-refractivity contribution in [3.63, 3.8) is 0 Å². The van der Waals surface area contributed by atoms with Gasteiger partial charge in [0, 0.05) is 24.5 Å². The van der Waals surface area contributed by atoms with Crippen LogP contribution in [0.25, 0.3) is 0 Å². The summed E-state index contributed by atoms with van der Waals surface area (Å²) in [6.07, 6.45) is 1.25. The first-order valence-corrected chi connectivity index (χ1v) is 7.54. The lowest BCUT2D eigenvalue weighted by Crippen LogP contribution is -2.40. The smallest absolute Gasteiger partial charge is 0.194 e. The van der Waals surface area contributed by atoms with Crippen LogP contribution in [-0.2, 0) is 6.54 Å². The number of nitrogens with zero attached hydrogens (tertiary/aromatic N) is 2. The molecule has 1 fully saturated rings. The summed E-state index contributed by atoms with van der Waals surface area (Å²) in [5.41, 5.74) is 0.416. The van der Waals surface area contributed by atoms with E-state index in [2.05, 4.69) is 48.5 Å². The van der Waals surface area contributed by atoms with Crippen molar-refractivity contribution in [2.75, 3.05) is 19.6 Å². The van der Waals surface area contributed by atoms with Crippen molar-refractivity contribution >= 4 is 17.3 Å². The third kappa shape index (κ3) is 3.48. The highest BCUT2D eigenvalue weighted by Gasteiger charge is 2.30. The summed E-state index contributed by atoms with van der Waals surface area (Å²) < 4.78 is 0. The predicted molar refractivity (Wildman–Crippen MR) is 79.1 cm³/mol. The molecule has 0 saturated carbocycles. The van der Waals surface area contributed by atoms with Gasteiger partial charge in [0.05, 0.1) is 6.54 Å². The van der Waals surface area contributed by atoms with Gasteiger partial charge in [-0.2, -0.15) is 0 Å². The van der Waals surface area contributed by atoms with Crippen LogP contribution in [0, 0.1) is 5.41 Å². The Morgan fingerprint density at radius 2 is 2.39 bits per heavy atom. The molecule has 2 heterocycles. The summed E-state index contributed by atoms with van der Waals surface area (Å²) in [5.74, 6) is 1.07. The largest absolute Gasteiger partial charge is 0.357 e.